The molecule has 3 heteroatoms. The summed E-state index contributed by atoms with van der Waals surface area (Å²) in [5, 5.41) is 4.87. The molecule has 0 aliphatic rings. The van der Waals surface area contributed by atoms with E-state index in [9.17, 15) is 0 Å². The third-order valence-electron chi connectivity index (χ3n) is 10.5. The Bertz CT molecular complexity index is 3000. The maximum atomic E-state index is 5.16. The first-order valence-corrected chi connectivity index (χ1v) is 18.9. The van der Waals surface area contributed by atoms with Crippen LogP contribution < -0.4 is 0 Å². The molecule has 10 aromatic rings. The molecule has 0 fully saturated rings. The fraction of sp³-hybridized carbons (Fsp3) is 0. The summed E-state index contributed by atoms with van der Waals surface area (Å²) in [6.07, 6.45) is 0. The topological polar surface area (TPSA) is 38.7 Å². The second kappa shape index (κ2) is 14.4. The zero-order chi connectivity index (χ0) is 37.3. The molecule has 9 aromatic carbocycles. The molecule has 0 saturated heterocycles. The molecular weight excluding hydrogens is 679 g/mol. The van der Waals surface area contributed by atoms with Crippen molar-refractivity contribution < 1.29 is 0 Å². The van der Waals surface area contributed by atoms with E-state index in [4.69, 9.17) is 15.0 Å². The van der Waals surface area contributed by atoms with E-state index in [1.54, 1.807) is 0 Å². The van der Waals surface area contributed by atoms with Crippen molar-refractivity contribution in [3.05, 3.63) is 212 Å². The van der Waals surface area contributed by atoms with Crippen LogP contribution in [0.3, 0.4) is 0 Å². The van der Waals surface area contributed by atoms with Crippen molar-refractivity contribution in [1.29, 1.82) is 0 Å². The Morgan fingerprint density at radius 3 is 1.27 bits per heavy atom. The first-order valence-electron chi connectivity index (χ1n) is 18.9. The second-order valence-corrected chi connectivity index (χ2v) is 14.0. The molecule has 3 nitrogen and oxygen atoms in total. The summed E-state index contributed by atoms with van der Waals surface area (Å²) >= 11 is 0. The molecule has 0 radical (unpaired) electrons. The fourth-order valence-electron chi connectivity index (χ4n) is 7.75. The van der Waals surface area contributed by atoms with Gasteiger partial charge >= 0.3 is 0 Å². The molecular formula is C53H35N3. The molecule has 0 saturated carbocycles. The van der Waals surface area contributed by atoms with Gasteiger partial charge in [-0.15, -0.1) is 0 Å². The van der Waals surface area contributed by atoms with E-state index in [1.807, 2.05) is 6.07 Å². The van der Waals surface area contributed by atoms with Crippen molar-refractivity contribution >= 4 is 21.5 Å². The Labute approximate surface area is 326 Å². The molecule has 0 atom stereocenters. The van der Waals surface area contributed by atoms with E-state index >= 15 is 0 Å². The van der Waals surface area contributed by atoms with Crippen LogP contribution >= 0.6 is 0 Å². The first kappa shape index (κ1) is 33.1. The van der Waals surface area contributed by atoms with E-state index < -0.39 is 0 Å². The summed E-state index contributed by atoms with van der Waals surface area (Å²) in [6.45, 7) is 0. The third-order valence-corrected chi connectivity index (χ3v) is 10.5. The van der Waals surface area contributed by atoms with Crippen molar-refractivity contribution in [3.8, 4) is 78.7 Å². The predicted molar refractivity (Wildman–Crippen MR) is 233 cm³/mol. The number of hydrogen-bond donors (Lipinski definition) is 0. The van der Waals surface area contributed by atoms with Gasteiger partial charge in [-0.25, -0.2) is 15.0 Å². The average molecular weight is 714 g/mol. The maximum Gasteiger partial charge on any atom is 0.164 e. The van der Waals surface area contributed by atoms with Gasteiger partial charge in [-0.1, -0.05) is 200 Å². The van der Waals surface area contributed by atoms with Crippen LogP contribution in [0.5, 0.6) is 0 Å². The Morgan fingerprint density at radius 1 is 0.214 bits per heavy atom. The molecule has 1 aromatic heterocycles. The van der Waals surface area contributed by atoms with E-state index in [2.05, 4.69) is 206 Å². The van der Waals surface area contributed by atoms with Crippen LogP contribution in [0.25, 0.3) is 100 Å². The van der Waals surface area contributed by atoms with Gasteiger partial charge in [0.25, 0.3) is 0 Å². The lowest BCUT2D eigenvalue weighted by atomic mass is 9.91. The number of nitrogens with zero attached hydrogens (tertiary/aromatic N) is 3. The number of benzene rings is 9. The molecule has 0 aliphatic carbocycles. The summed E-state index contributed by atoms with van der Waals surface area (Å²) in [6, 6.07) is 74.7. The molecule has 0 bridgehead atoms. The van der Waals surface area contributed by atoms with Gasteiger partial charge in [0, 0.05) is 16.7 Å². The van der Waals surface area contributed by atoms with Crippen molar-refractivity contribution in [1.82, 2.24) is 15.0 Å². The molecule has 0 unspecified atom stereocenters. The van der Waals surface area contributed by atoms with Gasteiger partial charge in [0.2, 0.25) is 0 Å². The van der Waals surface area contributed by atoms with Crippen LogP contribution in [0.4, 0.5) is 0 Å². The lowest BCUT2D eigenvalue weighted by Gasteiger charge is -2.14. The van der Waals surface area contributed by atoms with Crippen molar-refractivity contribution in [2.24, 2.45) is 0 Å². The van der Waals surface area contributed by atoms with Crippen LogP contribution in [0.1, 0.15) is 0 Å². The lowest BCUT2D eigenvalue weighted by Crippen LogP contribution is -2.00. The number of aromatic nitrogens is 3. The maximum absolute atomic E-state index is 5.16. The highest BCUT2D eigenvalue weighted by Gasteiger charge is 2.16. The molecule has 56 heavy (non-hydrogen) atoms. The van der Waals surface area contributed by atoms with Gasteiger partial charge in [0.15, 0.2) is 17.5 Å². The van der Waals surface area contributed by atoms with E-state index in [-0.39, 0.29) is 0 Å². The molecule has 10 rings (SSSR count). The van der Waals surface area contributed by atoms with Gasteiger partial charge in [0.1, 0.15) is 0 Å². The molecule has 0 spiro atoms. The van der Waals surface area contributed by atoms with E-state index in [0.717, 1.165) is 44.5 Å². The smallest absolute Gasteiger partial charge is 0.164 e. The van der Waals surface area contributed by atoms with Crippen LogP contribution in [0.2, 0.25) is 0 Å². The van der Waals surface area contributed by atoms with Crippen LogP contribution in [-0.4, -0.2) is 15.0 Å². The number of hydrogen-bond acceptors (Lipinski definition) is 3. The van der Waals surface area contributed by atoms with Crippen LogP contribution in [-0.2, 0) is 0 Å². The highest BCUT2D eigenvalue weighted by molar-refractivity contribution is 6.05. The zero-order valence-electron chi connectivity index (χ0n) is 30.5. The van der Waals surface area contributed by atoms with Crippen molar-refractivity contribution in [2.45, 2.75) is 0 Å². The number of fused-ring (bicyclic) bond motifs is 2. The zero-order valence-corrected chi connectivity index (χ0v) is 30.5. The predicted octanol–water partition coefficient (Wildman–Crippen LogP) is 13.8. The van der Waals surface area contributed by atoms with Gasteiger partial charge in [-0.3, -0.25) is 0 Å². The minimum absolute atomic E-state index is 0.625. The number of rotatable bonds is 7. The molecule has 0 N–H and O–H groups in total. The summed E-state index contributed by atoms with van der Waals surface area (Å²) in [4.78, 5) is 15.4. The van der Waals surface area contributed by atoms with E-state index in [0.29, 0.717) is 17.5 Å². The Hall–Kier alpha value is -7.49. The first-order chi connectivity index (χ1) is 27.7. The molecule has 1 heterocycles. The third kappa shape index (κ3) is 6.31. The van der Waals surface area contributed by atoms with Crippen molar-refractivity contribution in [2.75, 3.05) is 0 Å². The SMILES string of the molecule is c1ccc(-c2cccc(-c3nc(-c4ccc(-c5cccc6ccccc56)cc4)nc(-c4cccc(-c5ccc(-c6ccccc6)c6ccccc56)c4)n3)c2)cc1. The molecule has 262 valence electrons. The Kier molecular flexibility index (Phi) is 8.51. The minimum Gasteiger partial charge on any atom is -0.208 e. The van der Waals surface area contributed by atoms with Crippen molar-refractivity contribution in [3.63, 3.8) is 0 Å². The summed E-state index contributed by atoms with van der Waals surface area (Å²) in [5.74, 6) is 1.88. The Balaban J connectivity index is 1.09. The summed E-state index contributed by atoms with van der Waals surface area (Å²) in [7, 11) is 0. The van der Waals surface area contributed by atoms with Crippen LogP contribution in [0, 0.1) is 0 Å². The average Bonchev–Trinajstić information content (AvgIpc) is 3.29. The fourth-order valence-corrected chi connectivity index (χ4v) is 7.75. The van der Waals surface area contributed by atoms with Gasteiger partial charge in [-0.2, -0.15) is 0 Å². The molecule has 0 aliphatic heterocycles. The largest absolute Gasteiger partial charge is 0.208 e. The van der Waals surface area contributed by atoms with Gasteiger partial charge in [-0.05, 0) is 78.2 Å². The molecule has 0 amide bonds. The lowest BCUT2D eigenvalue weighted by molar-refractivity contribution is 1.07. The van der Waals surface area contributed by atoms with Crippen LogP contribution in [0.15, 0.2) is 212 Å². The Morgan fingerprint density at radius 2 is 0.607 bits per heavy atom. The van der Waals surface area contributed by atoms with Gasteiger partial charge < -0.3 is 0 Å². The monoisotopic (exact) mass is 713 g/mol. The highest BCUT2D eigenvalue weighted by Crippen LogP contribution is 2.37. The normalized spacial score (nSPS) is 11.2. The minimum atomic E-state index is 0.625. The van der Waals surface area contributed by atoms with E-state index in [1.165, 1.54) is 38.2 Å². The van der Waals surface area contributed by atoms with Gasteiger partial charge in [0.05, 0.1) is 0 Å². The quantitative estimate of drug-likeness (QED) is 0.165. The standard InChI is InChI=1S/C53H35N3/c1-3-14-36(15-4-1)41-20-11-22-43(34-41)52-54-51(40-30-28-39(29-31-40)46-27-13-19-38-18-7-8-24-45(38)46)55-53(56-52)44-23-12-21-42(35-44)48-33-32-47(37-16-5-2-6-17-37)49-25-9-10-26-50(48)49/h1-35H. The summed E-state index contributed by atoms with van der Waals surface area (Å²) < 4.78 is 0. The summed E-state index contributed by atoms with van der Waals surface area (Å²) in [5.41, 5.74) is 12.1. The second-order valence-electron chi connectivity index (χ2n) is 14.0. The highest BCUT2D eigenvalue weighted by atomic mass is 15.0.